The van der Waals surface area contributed by atoms with Gasteiger partial charge in [-0.05, 0) is 55.9 Å². The molecule has 1 spiro atoms. The van der Waals surface area contributed by atoms with Gasteiger partial charge < -0.3 is 24.5 Å². The lowest BCUT2D eigenvalue weighted by molar-refractivity contribution is -0.146. The van der Waals surface area contributed by atoms with Crippen molar-refractivity contribution in [2.75, 3.05) is 37.7 Å². The van der Waals surface area contributed by atoms with E-state index in [0.717, 1.165) is 25.0 Å². The summed E-state index contributed by atoms with van der Waals surface area (Å²) >= 11 is 1.67. The predicted molar refractivity (Wildman–Crippen MR) is 173 cm³/mol. The normalized spacial score (nSPS) is 28.1. The molecule has 3 aliphatic heterocycles. The number of ether oxygens (including phenoxy) is 1. The molecule has 0 aromatic heterocycles. The highest BCUT2D eigenvalue weighted by molar-refractivity contribution is 8.02. The maximum absolute atomic E-state index is 14.7. The van der Waals surface area contributed by atoms with Crippen molar-refractivity contribution in [2.24, 2.45) is 23.7 Å². The van der Waals surface area contributed by atoms with Gasteiger partial charge in [-0.1, -0.05) is 46.3 Å². The molecule has 0 aliphatic carbocycles. The molecule has 3 heterocycles. The van der Waals surface area contributed by atoms with Gasteiger partial charge in [0.1, 0.15) is 11.8 Å². The Hall–Kier alpha value is -2.78. The first-order valence-corrected chi connectivity index (χ1v) is 16.7. The first kappa shape index (κ1) is 33.1. The van der Waals surface area contributed by atoms with Crippen LogP contribution >= 0.6 is 11.8 Å². The number of unbranched alkanes of at least 4 members (excludes halogenated alkanes) is 1. The quantitative estimate of drug-likeness (QED) is 0.288. The minimum Gasteiger partial charge on any atom is -0.494 e. The van der Waals surface area contributed by atoms with E-state index in [-0.39, 0.29) is 41.4 Å². The van der Waals surface area contributed by atoms with Crippen LogP contribution in [0.4, 0.5) is 5.69 Å². The van der Waals surface area contributed by atoms with Crippen molar-refractivity contribution in [3.05, 3.63) is 49.6 Å². The number of hydrogen-bond donors (Lipinski definition) is 1. The molecule has 4 rings (SSSR count). The molecule has 236 valence electrons. The molecular formula is C34H49N3O5S. The lowest BCUT2D eigenvalue weighted by Gasteiger charge is -2.43. The van der Waals surface area contributed by atoms with Crippen molar-refractivity contribution in [1.29, 1.82) is 0 Å². The molecule has 3 aliphatic rings. The van der Waals surface area contributed by atoms with Crippen LogP contribution in [0.3, 0.4) is 0 Å². The Kier molecular flexibility index (Phi) is 10.7. The topological polar surface area (TPSA) is 90.4 Å². The fourth-order valence-corrected chi connectivity index (χ4v) is 9.88. The number of nitrogens with zero attached hydrogens (tertiary/aromatic N) is 3. The van der Waals surface area contributed by atoms with Crippen molar-refractivity contribution in [2.45, 2.75) is 76.0 Å². The maximum atomic E-state index is 14.7. The summed E-state index contributed by atoms with van der Waals surface area (Å²) < 4.78 is 4.84. The number of fused-ring (bicyclic) bond motifs is 1. The summed E-state index contributed by atoms with van der Waals surface area (Å²) in [6.07, 6.45) is 5.95. The van der Waals surface area contributed by atoms with E-state index in [1.165, 1.54) is 0 Å². The summed E-state index contributed by atoms with van der Waals surface area (Å²) in [4.78, 5) is 49.0. The fourth-order valence-electron chi connectivity index (χ4n) is 7.49. The highest BCUT2D eigenvalue weighted by atomic mass is 32.2. The number of aliphatic hydroxyl groups excluding tert-OH is 1. The molecule has 3 saturated heterocycles. The molecule has 1 aromatic rings. The molecule has 7 atom stereocenters. The highest BCUT2D eigenvalue weighted by Gasteiger charge is 2.77. The Labute approximate surface area is 261 Å². The minimum atomic E-state index is -0.762. The molecular weight excluding hydrogens is 562 g/mol. The molecule has 3 fully saturated rings. The molecule has 43 heavy (non-hydrogen) atoms. The molecule has 2 bridgehead atoms. The van der Waals surface area contributed by atoms with Crippen LogP contribution in [0.2, 0.25) is 0 Å². The van der Waals surface area contributed by atoms with Crippen molar-refractivity contribution in [3.63, 3.8) is 0 Å². The van der Waals surface area contributed by atoms with Crippen LogP contribution in [0, 0.1) is 23.7 Å². The third kappa shape index (κ3) is 5.75. The monoisotopic (exact) mass is 611 g/mol. The van der Waals surface area contributed by atoms with Gasteiger partial charge in [-0.2, -0.15) is 0 Å². The molecule has 0 radical (unpaired) electrons. The van der Waals surface area contributed by atoms with Crippen LogP contribution in [-0.4, -0.2) is 87.6 Å². The summed E-state index contributed by atoms with van der Waals surface area (Å²) in [7, 11) is 0. The number of benzene rings is 1. The van der Waals surface area contributed by atoms with Crippen molar-refractivity contribution >= 4 is 35.2 Å². The van der Waals surface area contributed by atoms with Crippen molar-refractivity contribution < 1.29 is 24.2 Å². The van der Waals surface area contributed by atoms with Crippen molar-refractivity contribution in [1.82, 2.24) is 9.80 Å². The van der Waals surface area contributed by atoms with Gasteiger partial charge >= 0.3 is 0 Å². The summed E-state index contributed by atoms with van der Waals surface area (Å²) in [6, 6.07) is 6.12. The number of likely N-dealkylation sites (tertiary alicyclic amines) is 1. The number of amides is 3. The van der Waals surface area contributed by atoms with E-state index in [4.69, 9.17) is 4.74 Å². The van der Waals surface area contributed by atoms with E-state index in [0.29, 0.717) is 31.9 Å². The van der Waals surface area contributed by atoms with E-state index >= 15 is 0 Å². The van der Waals surface area contributed by atoms with Gasteiger partial charge in [-0.3, -0.25) is 14.4 Å². The van der Waals surface area contributed by atoms with Gasteiger partial charge in [0.05, 0.1) is 35.8 Å². The van der Waals surface area contributed by atoms with Gasteiger partial charge in [0.2, 0.25) is 17.7 Å². The number of rotatable bonds is 15. The zero-order valence-electron chi connectivity index (χ0n) is 26.4. The van der Waals surface area contributed by atoms with Crippen LogP contribution in [0.25, 0.3) is 0 Å². The van der Waals surface area contributed by atoms with Crippen LogP contribution < -0.4 is 9.64 Å². The number of carbonyl (C=O) groups excluding carboxylic acids is 3. The van der Waals surface area contributed by atoms with E-state index in [1.54, 1.807) is 33.7 Å². The number of hydrogen-bond acceptors (Lipinski definition) is 6. The zero-order valence-corrected chi connectivity index (χ0v) is 27.2. The van der Waals surface area contributed by atoms with Crippen LogP contribution in [0.5, 0.6) is 5.75 Å². The van der Waals surface area contributed by atoms with Gasteiger partial charge in [-0.15, -0.1) is 24.9 Å². The first-order chi connectivity index (χ1) is 20.6. The van der Waals surface area contributed by atoms with E-state index in [1.807, 2.05) is 49.9 Å². The third-order valence-electron chi connectivity index (χ3n) is 9.50. The number of aliphatic hydroxyl groups is 1. The molecule has 3 amide bonds. The summed E-state index contributed by atoms with van der Waals surface area (Å²) in [5.41, 5.74) is 0.713. The second-order valence-corrected chi connectivity index (χ2v) is 13.9. The number of anilines is 1. The van der Waals surface area contributed by atoms with Crippen LogP contribution in [0.1, 0.15) is 53.9 Å². The zero-order chi connectivity index (χ0) is 31.5. The summed E-state index contributed by atoms with van der Waals surface area (Å²) in [5, 5.41) is 10.5. The van der Waals surface area contributed by atoms with Crippen LogP contribution in [0.15, 0.2) is 49.6 Å². The van der Waals surface area contributed by atoms with E-state index < -0.39 is 28.7 Å². The molecule has 1 aromatic carbocycles. The third-order valence-corrected chi connectivity index (χ3v) is 11.6. The maximum Gasteiger partial charge on any atom is 0.247 e. The summed E-state index contributed by atoms with van der Waals surface area (Å²) in [5.74, 6) is -0.976. The number of thioether (sulfide) groups is 1. The molecule has 0 saturated carbocycles. The number of carbonyl (C=O) groups is 3. The Balaban J connectivity index is 1.80. The molecule has 9 heteroatoms. The van der Waals surface area contributed by atoms with Gasteiger partial charge in [0.15, 0.2) is 0 Å². The Bertz CT molecular complexity index is 1190. The fraction of sp³-hybridized carbons (Fsp3) is 0.618. The molecule has 1 N–H and O–H groups in total. The Morgan fingerprint density at radius 2 is 1.84 bits per heavy atom. The van der Waals surface area contributed by atoms with Gasteiger partial charge in [-0.25, -0.2) is 0 Å². The van der Waals surface area contributed by atoms with Gasteiger partial charge in [0, 0.05) is 30.6 Å². The molecule has 8 nitrogen and oxygen atoms in total. The minimum absolute atomic E-state index is 0.0426. The average molecular weight is 612 g/mol. The predicted octanol–water partition coefficient (Wildman–Crippen LogP) is 4.77. The lowest BCUT2D eigenvalue weighted by Crippen LogP contribution is -2.60. The smallest absolute Gasteiger partial charge is 0.247 e. The average Bonchev–Trinajstić information content (AvgIpc) is 3.58. The van der Waals surface area contributed by atoms with E-state index in [2.05, 4.69) is 27.0 Å². The van der Waals surface area contributed by atoms with Crippen LogP contribution in [-0.2, 0) is 14.4 Å². The highest BCUT2D eigenvalue weighted by Crippen LogP contribution is 2.69. The van der Waals surface area contributed by atoms with E-state index in [9.17, 15) is 19.5 Å². The molecule has 3 unspecified atom stereocenters. The lowest BCUT2D eigenvalue weighted by atomic mass is 9.65. The second kappa shape index (κ2) is 13.9. The SMILES string of the molecule is C=CCN(CCCC)C(=O)C1N([C@@H](CO)C(C)C)C(=O)[C@@H]2[C@H](C(=O)N(CC=C)c3ccc(OCC)cc3)[C@@H]3CC(C)C12S3. The Morgan fingerprint density at radius 3 is 2.40 bits per heavy atom. The van der Waals surface area contributed by atoms with Gasteiger partial charge in [0.25, 0.3) is 0 Å². The van der Waals surface area contributed by atoms with Crippen molar-refractivity contribution in [3.8, 4) is 5.75 Å². The first-order valence-electron chi connectivity index (χ1n) is 15.8. The standard InChI is InChI=1S/C34H49N3O5S/c1-8-12-19-35(17-9-2)33(41)30-34-23(7)20-27(43-34)28(29(34)32(40)37(30)26(21-38)22(5)6)31(39)36(18-10-3)24-13-15-25(16-14-24)42-11-4/h9-10,13-16,22-23,26-30,38H,2-3,8,11-12,17-21H2,1,4-7H3/t23?,26-,27-,28+,29-,30?,34?/m0/s1. The summed E-state index contributed by atoms with van der Waals surface area (Å²) in [6.45, 7) is 19.4. The largest absolute Gasteiger partial charge is 0.494 e. The Morgan fingerprint density at radius 1 is 1.16 bits per heavy atom. The second-order valence-electron chi connectivity index (χ2n) is 12.4.